The monoisotopic (exact) mass is 273 g/mol. The molecule has 4 nitrogen and oxygen atoms in total. The zero-order valence-electron chi connectivity index (χ0n) is 11.2. The molecule has 2 heterocycles. The molecule has 2 atom stereocenters. The molecule has 0 aromatic carbocycles. The van der Waals surface area contributed by atoms with E-state index in [0.29, 0.717) is 18.1 Å². The number of nitrogens with zero attached hydrogens (tertiary/aromatic N) is 1. The molecule has 0 spiro atoms. The van der Waals surface area contributed by atoms with Crippen LogP contribution < -0.4 is 0 Å². The lowest BCUT2D eigenvalue weighted by Gasteiger charge is -2.43. The Morgan fingerprint density at radius 3 is 3.00 bits per heavy atom. The molecule has 2 aliphatic heterocycles. The first-order chi connectivity index (χ1) is 8.46. The van der Waals surface area contributed by atoms with E-state index in [0.717, 1.165) is 13.1 Å². The maximum atomic E-state index is 10.8. The standard InChI is InChI=1S/C13H23NO3S/c1-13(2)6-10(8-18-9-13)14-3-4-17-11(7-14)5-12(15)16/h10-11H,3-9H2,1-2H3,(H,15,16). The Labute approximate surface area is 113 Å². The molecule has 2 fully saturated rings. The molecule has 2 saturated heterocycles. The number of rotatable bonds is 3. The molecule has 0 aliphatic carbocycles. The van der Waals surface area contributed by atoms with E-state index >= 15 is 0 Å². The van der Waals surface area contributed by atoms with Gasteiger partial charge in [-0.2, -0.15) is 11.8 Å². The maximum absolute atomic E-state index is 10.8. The minimum atomic E-state index is -0.764. The summed E-state index contributed by atoms with van der Waals surface area (Å²) in [5.74, 6) is 1.63. The molecule has 2 aliphatic rings. The summed E-state index contributed by atoms with van der Waals surface area (Å²) in [5, 5.41) is 8.84. The van der Waals surface area contributed by atoms with Gasteiger partial charge in [0.05, 0.1) is 19.1 Å². The molecule has 0 radical (unpaired) electrons. The molecule has 0 bridgehead atoms. The molecule has 0 aromatic heterocycles. The van der Waals surface area contributed by atoms with E-state index in [1.54, 1.807) is 0 Å². The lowest BCUT2D eigenvalue weighted by atomic mass is 9.87. The highest BCUT2D eigenvalue weighted by atomic mass is 32.2. The fraction of sp³-hybridized carbons (Fsp3) is 0.923. The van der Waals surface area contributed by atoms with E-state index in [1.165, 1.54) is 17.9 Å². The SMILES string of the molecule is CC1(C)CSCC(N2CCOC(CC(=O)O)C2)C1. The van der Waals surface area contributed by atoms with Crippen LogP contribution in [0.2, 0.25) is 0 Å². The summed E-state index contributed by atoms with van der Waals surface area (Å²) in [7, 11) is 0. The maximum Gasteiger partial charge on any atom is 0.306 e. The Bertz CT molecular complexity index is 309. The third-order valence-corrected chi connectivity index (χ3v) is 5.29. The number of carboxylic acids is 1. The van der Waals surface area contributed by atoms with Gasteiger partial charge in [-0.25, -0.2) is 0 Å². The molecule has 18 heavy (non-hydrogen) atoms. The van der Waals surface area contributed by atoms with Gasteiger partial charge in [0.1, 0.15) is 0 Å². The Morgan fingerprint density at radius 2 is 2.33 bits per heavy atom. The molecule has 2 rings (SSSR count). The van der Waals surface area contributed by atoms with E-state index in [4.69, 9.17) is 9.84 Å². The summed E-state index contributed by atoms with van der Waals surface area (Å²) in [4.78, 5) is 13.2. The van der Waals surface area contributed by atoms with Crippen LogP contribution in [-0.4, -0.2) is 59.3 Å². The second-order valence-corrected chi connectivity index (χ2v) is 7.15. The molecule has 0 aromatic rings. The number of thioether (sulfide) groups is 1. The second kappa shape index (κ2) is 5.80. The zero-order valence-corrected chi connectivity index (χ0v) is 12.0. The van der Waals surface area contributed by atoms with Gasteiger partial charge in [-0.05, 0) is 17.6 Å². The van der Waals surface area contributed by atoms with Crippen molar-refractivity contribution in [3.8, 4) is 0 Å². The minimum absolute atomic E-state index is 0.125. The summed E-state index contributed by atoms with van der Waals surface area (Å²) in [6, 6.07) is 0.582. The van der Waals surface area contributed by atoms with Crippen LogP contribution in [0.4, 0.5) is 0 Å². The Balaban J connectivity index is 1.90. The van der Waals surface area contributed by atoms with Crippen LogP contribution in [0.1, 0.15) is 26.7 Å². The summed E-state index contributed by atoms with van der Waals surface area (Å²) in [6.07, 6.45) is 1.20. The van der Waals surface area contributed by atoms with Crippen LogP contribution in [0.25, 0.3) is 0 Å². The van der Waals surface area contributed by atoms with Gasteiger partial charge in [0.25, 0.3) is 0 Å². The van der Waals surface area contributed by atoms with Crippen LogP contribution in [0.3, 0.4) is 0 Å². The molecular weight excluding hydrogens is 250 g/mol. The second-order valence-electron chi connectivity index (χ2n) is 6.12. The number of aliphatic carboxylic acids is 1. The van der Waals surface area contributed by atoms with Crippen molar-refractivity contribution in [2.45, 2.75) is 38.8 Å². The fourth-order valence-corrected chi connectivity index (χ4v) is 4.24. The zero-order chi connectivity index (χ0) is 13.2. The first-order valence-electron chi connectivity index (χ1n) is 6.61. The van der Waals surface area contributed by atoms with E-state index in [1.807, 2.05) is 11.8 Å². The first kappa shape index (κ1) is 14.2. The van der Waals surface area contributed by atoms with Gasteiger partial charge >= 0.3 is 5.97 Å². The van der Waals surface area contributed by atoms with Gasteiger partial charge in [0.2, 0.25) is 0 Å². The van der Waals surface area contributed by atoms with Crippen molar-refractivity contribution in [3.63, 3.8) is 0 Å². The first-order valence-corrected chi connectivity index (χ1v) is 7.77. The van der Waals surface area contributed by atoms with Crippen molar-refractivity contribution in [2.24, 2.45) is 5.41 Å². The van der Waals surface area contributed by atoms with E-state index < -0.39 is 5.97 Å². The highest BCUT2D eigenvalue weighted by molar-refractivity contribution is 7.99. The van der Waals surface area contributed by atoms with Crippen molar-refractivity contribution in [1.29, 1.82) is 0 Å². The Kier molecular flexibility index (Phi) is 4.56. The summed E-state index contributed by atoms with van der Waals surface area (Å²) in [5.41, 5.74) is 0.397. The van der Waals surface area contributed by atoms with E-state index in [2.05, 4.69) is 18.7 Å². The highest BCUT2D eigenvalue weighted by Gasteiger charge is 2.34. The number of hydrogen-bond donors (Lipinski definition) is 1. The van der Waals surface area contributed by atoms with Crippen molar-refractivity contribution < 1.29 is 14.6 Å². The molecular formula is C13H23NO3S. The molecule has 0 saturated carbocycles. The largest absolute Gasteiger partial charge is 0.481 e. The molecule has 0 amide bonds. The number of ether oxygens (including phenoxy) is 1. The van der Waals surface area contributed by atoms with Gasteiger partial charge in [-0.3, -0.25) is 9.69 Å². The predicted molar refractivity (Wildman–Crippen MR) is 73.1 cm³/mol. The fourth-order valence-electron chi connectivity index (χ4n) is 2.85. The number of hydrogen-bond acceptors (Lipinski definition) is 4. The van der Waals surface area contributed by atoms with Gasteiger partial charge in [-0.1, -0.05) is 13.8 Å². The van der Waals surface area contributed by atoms with Crippen molar-refractivity contribution in [2.75, 3.05) is 31.2 Å². The van der Waals surface area contributed by atoms with Crippen LogP contribution in [0.15, 0.2) is 0 Å². The summed E-state index contributed by atoms with van der Waals surface area (Å²) >= 11 is 2.02. The van der Waals surface area contributed by atoms with Crippen LogP contribution >= 0.6 is 11.8 Å². The summed E-state index contributed by atoms with van der Waals surface area (Å²) < 4.78 is 5.53. The molecule has 5 heteroatoms. The Morgan fingerprint density at radius 1 is 1.56 bits per heavy atom. The number of carboxylic acid groups (broad SMARTS) is 1. The number of carbonyl (C=O) groups is 1. The molecule has 1 N–H and O–H groups in total. The normalized spacial score (nSPS) is 33.2. The van der Waals surface area contributed by atoms with Crippen molar-refractivity contribution in [3.05, 3.63) is 0 Å². The van der Waals surface area contributed by atoms with E-state index in [9.17, 15) is 4.79 Å². The van der Waals surface area contributed by atoms with Crippen LogP contribution in [-0.2, 0) is 9.53 Å². The topological polar surface area (TPSA) is 49.8 Å². The average Bonchev–Trinajstić information content (AvgIpc) is 2.27. The quantitative estimate of drug-likeness (QED) is 0.848. The molecule has 2 unspecified atom stereocenters. The van der Waals surface area contributed by atoms with Gasteiger partial charge in [0, 0.05) is 24.9 Å². The highest BCUT2D eigenvalue weighted by Crippen LogP contribution is 2.36. The van der Waals surface area contributed by atoms with Crippen molar-refractivity contribution in [1.82, 2.24) is 4.90 Å². The third kappa shape index (κ3) is 3.87. The lowest BCUT2D eigenvalue weighted by molar-refractivity contribution is -0.142. The van der Waals surface area contributed by atoms with Crippen molar-refractivity contribution >= 4 is 17.7 Å². The van der Waals surface area contributed by atoms with Crippen LogP contribution in [0, 0.1) is 5.41 Å². The smallest absolute Gasteiger partial charge is 0.306 e. The predicted octanol–water partition coefficient (Wildman–Crippen LogP) is 1.69. The van der Waals surface area contributed by atoms with Gasteiger partial charge < -0.3 is 9.84 Å². The minimum Gasteiger partial charge on any atom is -0.481 e. The van der Waals surface area contributed by atoms with Crippen LogP contribution in [0.5, 0.6) is 0 Å². The van der Waals surface area contributed by atoms with E-state index in [-0.39, 0.29) is 12.5 Å². The van der Waals surface area contributed by atoms with Gasteiger partial charge in [-0.15, -0.1) is 0 Å². The molecule has 104 valence electrons. The average molecular weight is 273 g/mol. The Hall–Kier alpha value is -0.260. The third-order valence-electron chi connectivity index (χ3n) is 3.68. The number of morpholine rings is 1. The summed E-state index contributed by atoms with van der Waals surface area (Å²) in [6.45, 7) is 7.02. The lowest BCUT2D eigenvalue weighted by Crippen LogP contribution is -2.51. The van der Waals surface area contributed by atoms with Gasteiger partial charge in [0.15, 0.2) is 0 Å².